The molecule has 6 nitrogen and oxygen atoms in total. The van der Waals surface area contributed by atoms with Crippen molar-refractivity contribution >= 4 is 11.6 Å². The van der Waals surface area contributed by atoms with E-state index in [1.165, 1.54) is 27.7 Å². The monoisotopic (exact) mass is 258 g/mol. The summed E-state index contributed by atoms with van der Waals surface area (Å²) in [5.41, 5.74) is -1.18. The Hall–Kier alpha value is -0.820. The van der Waals surface area contributed by atoms with Crippen molar-refractivity contribution in [2.24, 2.45) is 0 Å². The van der Waals surface area contributed by atoms with Gasteiger partial charge in [-0.25, -0.2) is 0 Å². The van der Waals surface area contributed by atoms with Crippen LogP contribution >= 0.6 is 0 Å². The average molecular weight is 258 g/mol. The fourth-order valence-corrected chi connectivity index (χ4v) is 2.45. The number of ether oxygens (including phenoxy) is 3. The van der Waals surface area contributed by atoms with Crippen LogP contribution in [0, 0.1) is 0 Å². The highest BCUT2D eigenvalue weighted by Gasteiger charge is 2.73. The molecule has 1 N–H and O–H groups in total. The lowest BCUT2D eigenvalue weighted by molar-refractivity contribution is -0.271. The normalized spacial score (nSPS) is 51.2. The van der Waals surface area contributed by atoms with E-state index in [0.717, 1.165) is 0 Å². The van der Waals surface area contributed by atoms with Crippen molar-refractivity contribution in [3.63, 3.8) is 0 Å². The molecule has 0 amide bonds. The first kappa shape index (κ1) is 13.6. The van der Waals surface area contributed by atoms with Gasteiger partial charge in [-0.15, -0.1) is 0 Å². The lowest BCUT2D eigenvalue weighted by Gasteiger charge is -2.29. The number of carbonyl (C=O) groups is 2. The molecule has 0 saturated carbocycles. The SMILES string of the molecule is CC(=O)[C@]1(C)OC2(C)O[C@](C)(C(C)=O)C[C@@]2(O)O1. The molecule has 0 aromatic carbocycles. The third-order valence-electron chi connectivity index (χ3n) is 3.84. The number of fused-ring (bicyclic) bond motifs is 1. The first-order valence-corrected chi connectivity index (χ1v) is 5.81. The van der Waals surface area contributed by atoms with Gasteiger partial charge < -0.3 is 19.3 Å². The summed E-state index contributed by atoms with van der Waals surface area (Å²) >= 11 is 0. The summed E-state index contributed by atoms with van der Waals surface area (Å²) in [7, 11) is 0. The number of carbonyl (C=O) groups excluding carboxylic acids is 2. The van der Waals surface area contributed by atoms with Crippen LogP contribution in [0.25, 0.3) is 0 Å². The van der Waals surface area contributed by atoms with Gasteiger partial charge in [-0.2, -0.15) is 0 Å². The van der Waals surface area contributed by atoms with Gasteiger partial charge in [0, 0.05) is 13.3 Å². The second kappa shape index (κ2) is 3.39. The zero-order chi connectivity index (χ0) is 14.0. The van der Waals surface area contributed by atoms with Crippen molar-refractivity contribution in [1.82, 2.24) is 0 Å². The molecule has 2 rings (SSSR count). The smallest absolute Gasteiger partial charge is 0.231 e. The van der Waals surface area contributed by atoms with Gasteiger partial charge in [-0.05, 0) is 27.7 Å². The van der Waals surface area contributed by atoms with E-state index in [-0.39, 0.29) is 18.0 Å². The molecule has 0 radical (unpaired) electrons. The van der Waals surface area contributed by atoms with Gasteiger partial charge in [0.25, 0.3) is 0 Å². The Bertz CT molecular complexity index is 374. The zero-order valence-electron chi connectivity index (χ0n) is 11.2. The average Bonchev–Trinajstić information content (AvgIpc) is 2.43. The van der Waals surface area contributed by atoms with Crippen LogP contribution in [0.15, 0.2) is 0 Å². The molecule has 18 heavy (non-hydrogen) atoms. The molecular formula is C12H18O6. The Kier molecular flexibility index (Phi) is 2.56. The van der Waals surface area contributed by atoms with Gasteiger partial charge in [0.15, 0.2) is 11.6 Å². The predicted octanol–water partition coefficient (Wildman–Crippen LogP) is 0.511. The molecule has 6 heteroatoms. The molecule has 0 aliphatic carbocycles. The molecule has 2 aliphatic heterocycles. The van der Waals surface area contributed by atoms with Crippen LogP contribution in [-0.2, 0) is 23.8 Å². The highest BCUT2D eigenvalue weighted by Crippen LogP contribution is 2.55. The quantitative estimate of drug-likeness (QED) is 0.777. The van der Waals surface area contributed by atoms with Crippen molar-refractivity contribution < 1.29 is 28.9 Å². The molecule has 0 aromatic heterocycles. The van der Waals surface area contributed by atoms with Crippen molar-refractivity contribution in [1.29, 1.82) is 0 Å². The summed E-state index contributed by atoms with van der Waals surface area (Å²) in [5.74, 6) is -5.51. The lowest BCUT2D eigenvalue weighted by Crippen LogP contribution is -2.45. The Labute approximate surface area is 105 Å². The van der Waals surface area contributed by atoms with Crippen LogP contribution in [0.1, 0.15) is 41.0 Å². The van der Waals surface area contributed by atoms with Crippen LogP contribution in [0.5, 0.6) is 0 Å². The Morgan fingerprint density at radius 2 is 1.56 bits per heavy atom. The van der Waals surface area contributed by atoms with Crippen LogP contribution in [0.3, 0.4) is 0 Å². The van der Waals surface area contributed by atoms with Gasteiger partial charge in [-0.1, -0.05) is 0 Å². The second-order valence-electron chi connectivity index (χ2n) is 5.50. The summed E-state index contributed by atoms with van der Waals surface area (Å²) in [6.07, 6.45) is -0.0747. The van der Waals surface area contributed by atoms with Crippen LogP contribution in [-0.4, -0.2) is 39.6 Å². The third-order valence-corrected chi connectivity index (χ3v) is 3.84. The van der Waals surface area contributed by atoms with E-state index >= 15 is 0 Å². The summed E-state index contributed by atoms with van der Waals surface area (Å²) in [5, 5.41) is 10.5. The molecule has 2 saturated heterocycles. The molecule has 0 spiro atoms. The summed E-state index contributed by atoms with van der Waals surface area (Å²) in [6, 6.07) is 0. The lowest BCUT2D eigenvalue weighted by atomic mass is 9.94. The maximum absolute atomic E-state index is 11.6. The fourth-order valence-electron chi connectivity index (χ4n) is 2.45. The highest BCUT2D eigenvalue weighted by atomic mass is 16.9. The molecule has 2 heterocycles. The number of aliphatic hydroxyl groups is 1. The molecule has 102 valence electrons. The third kappa shape index (κ3) is 1.56. The largest absolute Gasteiger partial charge is 0.361 e. The zero-order valence-corrected chi connectivity index (χ0v) is 11.2. The van der Waals surface area contributed by atoms with Gasteiger partial charge in [0.2, 0.25) is 17.4 Å². The van der Waals surface area contributed by atoms with Gasteiger partial charge >= 0.3 is 0 Å². The minimum Gasteiger partial charge on any atom is -0.361 e. The van der Waals surface area contributed by atoms with Crippen molar-refractivity contribution in [3.05, 3.63) is 0 Å². The van der Waals surface area contributed by atoms with Crippen LogP contribution < -0.4 is 0 Å². The molecule has 0 bridgehead atoms. The maximum Gasteiger partial charge on any atom is 0.231 e. The highest BCUT2D eigenvalue weighted by molar-refractivity contribution is 5.86. The minimum absolute atomic E-state index is 0.0747. The number of ketones is 2. The number of Topliss-reactive ketones (excluding diaryl/α,β-unsaturated/α-hetero) is 2. The number of hydrogen-bond acceptors (Lipinski definition) is 6. The summed E-state index contributed by atoms with van der Waals surface area (Å²) in [6.45, 7) is 7.13. The van der Waals surface area contributed by atoms with Crippen LogP contribution in [0.4, 0.5) is 0 Å². The molecule has 4 atom stereocenters. The van der Waals surface area contributed by atoms with E-state index in [4.69, 9.17) is 14.2 Å². The Balaban J connectivity index is 2.37. The standard InChI is InChI=1S/C12H18O6/c1-7(13)9(3)6-12(15)11(5,16-9)17-10(4,18-12)8(2)14/h15H,6H2,1-5H3/t9-,10+,11?,12+/m0/s1. The van der Waals surface area contributed by atoms with Gasteiger partial charge in [0.05, 0.1) is 0 Å². The molecule has 2 aliphatic rings. The molecular weight excluding hydrogens is 240 g/mol. The van der Waals surface area contributed by atoms with Crippen molar-refractivity contribution in [2.75, 3.05) is 0 Å². The number of rotatable bonds is 2. The van der Waals surface area contributed by atoms with Gasteiger partial charge in [-0.3, -0.25) is 9.59 Å². The van der Waals surface area contributed by atoms with Crippen molar-refractivity contribution in [3.8, 4) is 0 Å². The second-order valence-corrected chi connectivity index (χ2v) is 5.50. The first-order valence-electron chi connectivity index (χ1n) is 5.81. The maximum atomic E-state index is 11.6. The Morgan fingerprint density at radius 3 is 1.94 bits per heavy atom. The molecule has 0 aromatic rings. The van der Waals surface area contributed by atoms with Crippen LogP contribution in [0.2, 0.25) is 0 Å². The van der Waals surface area contributed by atoms with E-state index in [1.807, 2.05) is 0 Å². The van der Waals surface area contributed by atoms with Crippen molar-refractivity contribution in [2.45, 2.75) is 64.0 Å². The van der Waals surface area contributed by atoms with Gasteiger partial charge in [0.1, 0.15) is 5.60 Å². The van der Waals surface area contributed by atoms with E-state index in [1.54, 1.807) is 6.92 Å². The fraction of sp³-hybridized carbons (Fsp3) is 0.833. The predicted molar refractivity (Wildman–Crippen MR) is 59.4 cm³/mol. The minimum atomic E-state index is -1.81. The van der Waals surface area contributed by atoms with E-state index < -0.39 is 23.0 Å². The summed E-state index contributed by atoms with van der Waals surface area (Å²) < 4.78 is 16.4. The number of hydrogen-bond donors (Lipinski definition) is 1. The topological polar surface area (TPSA) is 82.1 Å². The molecule has 1 unspecified atom stereocenters. The van der Waals surface area contributed by atoms with E-state index in [9.17, 15) is 14.7 Å². The Morgan fingerprint density at radius 1 is 1.00 bits per heavy atom. The molecule has 2 fully saturated rings. The summed E-state index contributed by atoms with van der Waals surface area (Å²) in [4.78, 5) is 23.1. The van der Waals surface area contributed by atoms with E-state index in [2.05, 4.69) is 0 Å². The first-order chi connectivity index (χ1) is 7.97. The van der Waals surface area contributed by atoms with E-state index in [0.29, 0.717) is 0 Å².